The lowest BCUT2D eigenvalue weighted by Crippen LogP contribution is -2.49. The van der Waals surface area contributed by atoms with Gasteiger partial charge in [-0.1, -0.05) is 25.0 Å². The Morgan fingerprint density at radius 2 is 1.90 bits per heavy atom. The summed E-state index contributed by atoms with van der Waals surface area (Å²) in [5, 5.41) is -0.175. The number of nitrogens with two attached hydrogens (primary N) is 1. The fourth-order valence-corrected chi connectivity index (χ4v) is 8.55. The quantitative estimate of drug-likeness (QED) is 0.374. The standard InChI is InChI=1S/C35H43F3N4O8S/c1-20-28(48-2)13-12-24-29(15-30(40-31(20)24)49-19-35(36,37)38)50-22-14-26-27(43)17-34(33(45)41-51(46,47)23-10-11-23)16-21(34)8-6-4-3-5-7-9-25(39)32(44)42(26)18-22/h6,8,12-13,15,21-23,25-26H,3-5,7,9-11,14,16-19,39H2,1-2H3,(H,41,45)/b8-6-/t21-,22-,25+,26+,34-/m1/s1. The monoisotopic (exact) mass is 736 g/mol. The number of alkyl halides is 3. The third-order valence-corrected chi connectivity index (χ3v) is 12.1. The number of aromatic nitrogens is 1. The van der Waals surface area contributed by atoms with Crippen LogP contribution in [0.5, 0.6) is 17.4 Å². The Labute approximate surface area is 294 Å². The zero-order valence-electron chi connectivity index (χ0n) is 28.5. The molecule has 1 saturated heterocycles. The second kappa shape index (κ2) is 14.2. The van der Waals surface area contributed by atoms with Crippen LogP contribution in [0.3, 0.4) is 0 Å². The maximum atomic E-state index is 14.2. The maximum Gasteiger partial charge on any atom is 0.422 e. The van der Waals surface area contributed by atoms with Crippen molar-refractivity contribution < 1.29 is 50.2 Å². The van der Waals surface area contributed by atoms with Crippen molar-refractivity contribution in [2.45, 2.75) is 101 Å². The summed E-state index contributed by atoms with van der Waals surface area (Å²) >= 11 is 0. The number of ketones is 1. The lowest BCUT2D eigenvalue weighted by Gasteiger charge is -2.27. The van der Waals surface area contributed by atoms with Crippen LogP contribution in [-0.2, 0) is 24.4 Å². The molecule has 0 spiro atoms. The van der Waals surface area contributed by atoms with E-state index in [0.29, 0.717) is 42.4 Å². The molecule has 1 aromatic heterocycles. The number of aryl methyl sites for hydroxylation is 1. The molecule has 2 saturated carbocycles. The van der Waals surface area contributed by atoms with Gasteiger partial charge in [0.15, 0.2) is 12.4 Å². The fourth-order valence-electron chi connectivity index (χ4n) is 7.17. The highest BCUT2D eigenvalue weighted by molar-refractivity contribution is 7.90. The summed E-state index contributed by atoms with van der Waals surface area (Å²) in [7, 11) is -2.42. The zero-order valence-corrected chi connectivity index (χ0v) is 29.4. The number of carbonyl (C=O) groups excluding carboxylic acids is 3. The van der Waals surface area contributed by atoms with Gasteiger partial charge in [-0.3, -0.25) is 19.1 Å². The van der Waals surface area contributed by atoms with Crippen molar-refractivity contribution >= 4 is 38.5 Å². The predicted octanol–water partition coefficient (Wildman–Crippen LogP) is 4.26. The lowest BCUT2D eigenvalue weighted by atomic mass is 9.91. The maximum absolute atomic E-state index is 14.2. The minimum Gasteiger partial charge on any atom is -0.496 e. The number of amides is 2. The van der Waals surface area contributed by atoms with Crippen LogP contribution in [0.15, 0.2) is 30.4 Å². The van der Waals surface area contributed by atoms with Crippen molar-refractivity contribution in [3.8, 4) is 17.4 Å². The molecule has 5 atom stereocenters. The Morgan fingerprint density at radius 1 is 1.14 bits per heavy atom. The van der Waals surface area contributed by atoms with Crippen molar-refractivity contribution in [3.05, 3.63) is 35.9 Å². The first-order valence-electron chi connectivity index (χ1n) is 17.3. The molecule has 2 aromatic rings. The molecule has 2 aliphatic carbocycles. The number of allylic oxidation sites excluding steroid dienone is 2. The summed E-state index contributed by atoms with van der Waals surface area (Å²) in [5.74, 6) is -1.71. The Hall–Kier alpha value is -3.92. The van der Waals surface area contributed by atoms with Crippen molar-refractivity contribution in [1.29, 1.82) is 0 Å². The van der Waals surface area contributed by atoms with Crippen molar-refractivity contribution in [2.24, 2.45) is 17.1 Å². The molecule has 0 radical (unpaired) electrons. The Balaban J connectivity index is 1.30. The zero-order chi connectivity index (χ0) is 36.7. The van der Waals surface area contributed by atoms with Gasteiger partial charge in [0.2, 0.25) is 27.7 Å². The molecule has 6 rings (SSSR count). The summed E-state index contributed by atoms with van der Waals surface area (Å²) in [6, 6.07) is 2.63. The molecule has 278 valence electrons. The molecule has 2 aliphatic heterocycles. The van der Waals surface area contributed by atoms with Crippen molar-refractivity contribution in [1.82, 2.24) is 14.6 Å². The molecule has 2 amide bonds. The first kappa shape index (κ1) is 36.9. The van der Waals surface area contributed by atoms with Crippen molar-refractivity contribution in [3.63, 3.8) is 0 Å². The number of pyridine rings is 1. The highest BCUT2D eigenvalue weighted by Gasteiger charge is 2.61. The highest BCUT2D eigenvalue weighted by atomic mass is 32.2. The normalized spacial score (nSPS) is 28.2. The second-order valence-corrected chi connectivity index (χ2v) is 16.1. The number of sulfonamides is 1. The largest absolute Gasteiger partial charge is 0.496 e. The minimum absolute atomic E-state index is 0.00751. The van der Waals surface area contributed by atoms with Gasteiger partial charge in [-0.15, -0.1) is 0 Å². The Morgan fingerprint density at radius 3 is 2.61 bits per heavy atom. The SMILES string of the molecule is COc1ccc2c(O[C@@H]3C[C@H]4C(=O)C[C@]5(C(=O)NS(=O)(=O)C6CC6)C[C@H]5/C=C\CCCCC[C@H](N)C(=O)N4C3)cc(OCC(F)(F)F)nc2c1C. The summed E-state index contributed by atoms with van der Waals surface area (Å²) < 4.78 is 83.7. The molecule has 12 nitrogen and oxygen atoms in total. The molecule has 0 bridgehead atoms. The van der Waals surface area contributed by atoms with Gasteiger partial charge >= 0.3 is 6.18 Å². The van der Waals surface area contributed by atoms with E-state index >= 15 is 0 Å². The van der Waals surface area contributed by atoms with E-state index in [-0.39, 0.29) is 48.9 Å². The van der Waals surface area contributed by atoms with Gasteiger partial charge in [0.05, 0.1) is 41.9 Å². The van der Waals surface area contributed by atoms with Crippen LogP contribution in [0.4, 0.5) is 13.2 Å². The molecular formula is C35H43F3N4O8S. The molecule has 4 aliphatic rings. The third kappa shape index (κ3) is 8.11. The molecule has 51 heavy (non-hydrogen) atoms. The Kier molecular flexibility index (Phi) is 10.3. The van der Waals surface area contributed by atoms with Gasteiger partial charge < -0.3 is 24.8 Å². The molecule has 3 N–H and O–H groups in total. The number of benzene rings is 1. The van der Waals surface area contributed by atoms with Gasteiger partial charge in [-0.05, 0) is 63.5 Å². The lowest BCUT2D eigenvalue weighted by molar-refractivity contribution is -0.154. The fraction of sp³-hybridized carbons (Fsp3) is 0.600. The third-order valence-electron chi connectivity index (χ3n) is 10.3. The van der Waals surface area contributed by atoms with Gasteiger partial charge in [0.1, 0.15) is 17.6 Å². The van der Waals surface area contributed by atoms with E-state index in [1.54, 1.807) is 19.1 Å². The van der Waals surface area contributed by atoms with Crippen LogP contribution in [0.1, 0.15) is 69.8 Å². The number of carbonyl (C=O) groups is 3. The average molecular weight is 737 g/mol. The number of methoxy groups -OCH3 is 1. The summed E-state index contributed by atoms with van der Waals surface area (Å²) in [6.07, 6.45) is 2.82. The van der Waals surface area contributed by atoms with Crippen LogP contribution < -0.4 is 24.7 Å². The number of nitrogens with one attached hydrogen (secondary N) is 1. The second-order valence-electron chi connectivity index (χ2n) is 14.1. The number of rotatable bonds is 8. The van der Waals surface area contributed by atoms with E-state index in [9.17, 15) is 36.0 Å². The number of fused-ring (bicyclic) bond motifs is 3. The average Bonchev–Trinajstić information content (AvgIpc) is 4.00. The minimum atomic E-state index is -4.62. The number of ether oxygens (including phenoxy) is 3. The van der Waals surface area contributed by atoms with E-state index in [0.717, 1.165) is 19.3 Å². The smallest absolute Gasteiger partial charge is 0.422 e. The van der Waals surface area contributed by atoms with E-state index in [4.69, 9.17) is 19.9 Å². The van der Waals surface area contributed by atoms with E-state index in [2.05, 4.69) is 9.71 Å². The van der Waals surface area contributed by atoms with E-state index in [1.165, 1.54) is 18.1 Å². The molecular weight excluding hydrogens is 693 g/mol. The number of Topliss-reactive ketones (excluding diaryl/α,β-unsaturated/α-hetero) is 1. The number of hydrogen-bond donors (Lipinski definition) is 2. The summed E-state index contributed by atoms with van der Waals surface area (Å²) in [5.41, 5.74) is 5.90. The summed E-state index contributed by atoms with van der Waals surface area (Å²) in [4.78, 5) is 47.3. The van der Waals surface area contributed by atoms with Gasteiger partial charge in [0, 0.05) is 29.9 Å². The van der Waals surface area contributed by atoms with E-state index in [1.807, 2.05) is 12.2 Å². The Bertz CT molecular complexity index is 1830. The van der Waals surface area contributed by atoms with Crippen LogP contribution in [0, 0.1) is 18.3 Å². The molecule has 1 aromatic carbocycles. The highest BCUT2D eigenvalue weighted by Crippen LogP contribution is 2.57. The molecule has 3 fully saturated rings. The number of halogens is 3. The van der Waals surface area contributed by atoms with Crippen LogP contribution >= 0.6 is 0 Å². The molecule has 16 heteroatoms. The van der Waals surface area contributed by atoms with Gasteiger partial charge in [-0.25, -0.2) is 13.4 Å². The van der Waals surface area contributed by atoms with Crippen LogP contribution in [0.2, 0.25) is 0 Å². The number of hydrogen-bond acceptors (Lipinski definition) is 10. The van der Waals surface area contributed by atoms with E-state index < -0.39 is 69.3 Å². The first-order valence-corrected chi connectivity index (χ1v) is 18.8. The summed E-state index contributed by atoms with van der Waals surface area (Å²) in [6.45, 7) is 0.0552. The first-order chi connectivity index (χ1) is 24.1. The molecule has 3 heterocycles. The van der Waals surface area contributed by atoms with Gasteiger partial charge in [-0.2, -0.15) is 13.2 Å². The van der Waals surface area contributed by atoms with Crippen LogP contribution in [0.25, 0.3) is 10.9 Å². The van der Waals surface area contributed by atoms with Gasteiger partial charge in [0.25, 0.3) is 0 Å². The topological polar surface area (TPSA) is 167 Å². The number of nitrogens with zero attached hydrogens (tertiary/aromatic N) is 2. The molecule has 0 unspecified atom stereocenters. The predicted molar refractivity (Wildman–Crippen MR) is 180 cm³/mol. The van der Waals surface area contributed by atoms with Crippen LogP contribution in [-0.4, -0.2) is 85.8 Å². The van der Waals surface area contributed by atoms with Crippen molar-refractivity contribution in [2.75, 3.05) is 20.3 Å².